The highest BCUT2D eigenvalue weighted by molar-refractivity contribution is 5.94. The Morgan fingerprint density at radius 3 is 2.67 bits per heavy atom. The standard InChI is InChI=1S/C21H20N4O2/c26-20(16-7-5-8-17(15-16)24-12-3-4-13-24)22-11-6-14-25-19-10-2-1-9-18(19)23-21(25)27/h1-5,7-10,12-13,15H,6,11,14H2,(H,22,26)(H,23,27). The van der Waals surface area contributed by atoms with Crippen molar-refractivity contribution in [1.82, 2.24) is 19.4 Å². The van der Waals surface area contributed by atoms with Crippen LogP contribution in [0.1, 0.15) is 16.8 Å². The first-order valence-corrected chi connectivity index (χ1v) is 8.91. The second-order valence-electron chi connectivity index (χ2n) is 6.35. The molecule has 0 aliphatic heterocycles. The van der Waals surface area contributed by atoms with Gasteiger partial charge in [0.2, 0.25) is 0 Å². The van der Waals surface area contributed by atoms with Gasteiger partial charge in [0, 0.05) is 36.7 Å². The molecule has 27 heavy (non-hydrogen) atoms. The smallest absolute Gasteiger partial charge is 0.326 e. The van der Waals surface area contributed by atoms with Crippen molar-refractivity contribution >= 4 is 16.9 Å². The number of H-pyrrole nitrogens is 1. The number of benzene rings is 2. The van der Waals surface area contributed by atoms with Crippen LogP contribution in [0.25, 0.3) is 16.7 Å². The summed E-state index contributed by atoms with van der Waals surface area (Å²) in [6, 6.07) is 19.0. The van der Waals surface area contributed by atoms with Gasteiger partial charge in [0.1, 0.15) is 0 Å². The Kier molecular flexibility index (Phi) is 4.61. The van der Waals surface area contributed by atoms with Crippen LogP contribution in [-0.2, 0) is 6.54 Å². The average molecular weight is 360 g/mol. The maximum absolute atomic E-state index is 12.4. The van der Waals surface area contributed by atoms with E-state index >= 15 is 0 Å². The predicted octanol–water partition coefficient (Wildman–Crippen LogP) is 2.94. The van der Waals surface area contributed by atoms with Crippen LogP contribution in [0.15, 0.2) is 77.9 Å². The van der Waals surface area contributed by atoms with Crippen LogP contribution < -0.4 is 11.0 Å². The molecule has 0 atom stereocenters. The molecule has 2 aromatic carbocycles. The van der Waals surface area contributed by atoms with Crippen molar-refractivity contribution in [2.24, 2.45) is 0 Å². The van der Waals surface area contributed by atoms with Crippen LogP contribution in [0.4, 0.5) is 0 Å². The van der Waals surface area contributed by atoms with E-state index in [1.807, 2.05) is 71.6 Å². The van der Waals surface area contributed by atoms with Crippen molar-refractivity contribution in [2.45, 2.75) is 13.0 Å². The summed E-state index contributed by atoms with van der Waals surface area (Å²) >= 11 is 0. The molecule has 0 saturated carbocycles. The van der Waals surface area contributed by atoms with Gasteiger partial charge in [-0.25, -0.2) is 4.79 Å². The molecule has 2 aromatic heterocycles. The molecule has 6 heteroatoms. The van der Waals surface area contributed by atoms with E-state index in [1.165, 1.54) is 0 Å². The zero-order valence-electron chi connectivity index (χ0n) is 14.8. The van der Waals surface area contributed by atoms with Gasteiger partial charge in [0.05, 0.1) is 11.0 Å². The molecule has 0 bridgehead atoms. The summed E-state index contributed by atoms with van der Waals surface area (Å²) < 4.78 is 3.66. The van der Waals surface area contributed by atoms with Gasteiger partial charge in [-0.2, -0.15) is 0 Å². The Labute approximate surface area is 156 Å². The van der Waals surface area contributed by atoms with E-state index in [4.69, 9.17) is 0 Å². The number of hydrogen-bond donors (Lipinski definition) is 2. The number of nitrogens with one attached hydrogen (secondary N) is 2. The molecule has 0 aliphatic carbocycles. The monoisotopic (exact) mass is 360 g/mol. The maximum atomic E-state index is 12.4. The molecule has 136 valence electrons. The topological polar surface area (TPSA) is 71.8 Å². The highest BCUT2D eigenvalue weighted by Gasteiger charge is 2.08. The lowest BCUT2D eigenvalue weighted by Crippen LogP contribution is -2.26. The molecule has 2 heterocycles. The summed E-state index contributed by atoms with van der Waals surface area (Å²) in [5, 5.41) is 2.93. The molecule has 0 spiro atoms. The van der Waals surface area contributed by atoms with Crippen LogP contribution >= 0.6 is 0 Å². The van der Waals surface area contributed by atoms with E-state index in [1.54, 1.807) is 10.6 Å². The molecular formula is C21H20N4O2. The number of imidazole rings is 1. The van der Waals surface area contributed by atoms with Crippen LogP contribution in [0.5, 0.6) is 0 Å². The quantitative estimate of drug-likeness (QED) is 0.519. The van der Waals surface area contributed by atoms with E-state index in [0.29, 0.717) is 25.1 Å². The van der Waals surface area contributed by atoms with E-state index in [9.17, 15) is 9.59 Å². The van der Waals surface area contributed by atoms with Gasteiger partial charge in [0.15, 0.2) is 0 Å². The van der Waals surface area contributed by atoms with Crippen molar-refractivity contribution in [3.8, 4) is 5.69 Å². The second-order valence-corrected chi connectivity index (χ2v) is 6.35. The van der Waals surface area contributed by atoms with Crippen molar-refractivity contribution in [2.75, 3.05) is 6.54 Å². The average Bonchev–Trinajstić information content (AvgIpc) is 3.33. The summed E-state index contributed by atoms with van der Waals surface area (Å²) in [5.74, 6) is -0.115. The van der Waals surface area contributed by atoms with Gasteiger partial charge in [0.25, 0.3) is 5.91 Å². The Morgan fingerprint density at radius 1 is 1.00 bits per heavy atom. The summed E-state index contributed by atoms with van der Waals surface area (Å²) in [6.07, 6.45) is 4.55. The Morgan fingerprint density at radius 2 is 1.81 bits per heavy atom. The Hall–Kier alpha value is -3.54. The Balaban J connectivity index is 1.37. The van der Waals surface area contributed by atoms with E-state index in [2.05, 4.69) is 10.3 Å². The van der Waals surface area contributed by atoms with Crippen molar-refractivity contribution in [1.29, 1.82) is 0 Å². The van der Waals surface area contributed by atoms with E-state index < -0.39 is 0 Å². The minimum absolute atomic E-state index is 0.115. The van der Waals surface area contributed by atoms with Crippen molar-refractivity contribution < 1.29 is 4.79 Å². The lowest BCUT2D eigenvalue weighted by atomic mass is 10.2. The first-order chi connectivity index (χ1) is 13.2. The molecule has 6 nitrogen and oxygen atoms in total. The third kappa shape index (κ3) is 3.55. The first-order valence-electron chi connectivity index (χ1n) is 8.91. The van der Waals surface area contributed by atoms with Gasteiger partial charge >= 0.3 is 5.69 Å². The third-order valence-electron chi connectivity index (χ3n) is 4.54. The first kappa shape index (κ1) is 16.9. The van der Waals surface area contributed by atoms with Gasteiger partial charge in [-0.3, -0.25) is 9.36 Å². The number of carbonyl (C=O) groups excluding carboxylic acids is 1. The van der Waals surface area contributed by atoms with Crippen LogP contribution in [0, 0.1) is 0 Å². The fraction of sp³-hybridized carbons (Fsp3) is 0.143. The van der Waals surface area contributed by atoms with Gasteiger partial charge in [-0.1, -0.05) is 18.2 Å². The molecule has 4 rings (SSSR count). The van der Waals surface area contributed by atoms with Crippen LogP contribution in [-0.4, -0.2) is 26.6 Å². The fourth-order valence-corrected chi connectivity index (χ4v) is 3.18. The Bertz CT molecular complexity index is 1120. The molecule has 0 radical (unpaired) electrons. The van der Waals surface area contributed by atoms with Gasteiger partial charge < -0.3 is 14.9 Å². The predicted molar refractivity (Wildman–Crippen MR) is 105 cm³/mol. The number of fused-ring (bicyclic) bond motifs is 1. The van der Waals surface area contributed by atoms with Gasteiger partial charge in [-0.15, -0.1) is 0 Å². The number of rotatable bonds is 6. The number of carbonyl (C=O) groups is 1. The molecule has 2 N–H and O–H groups in total. The molecular weight excluding hydrogens is 340 g/mol. The number of amides is 1. The molecule has 1 amide bonds. The lowest BCUT2D eigenvalue weighted by Gasteiger charge is -2.08. The largest absolute Gasteiger partial charge is 0.352 e. The number of aromatic amines is 1. The highest BCUT2D eigenvalue weighted by atomic mass is 16.2. The number of para-hydroxylation sites is 2. The van der Waals surface area contributed by atoms with Crippen molar-refractivity contribution in [3.05, 3.63) is 89.1 Å². The zero-order chi connectivity index (χ0) is 18.6. The number of nitrogens with zero attached hydrogens (tertiary/aromatic N) is 2. The molecule has 0 unspecified atom stereocenters. The van der Waals surface area contributed by atoms with E-state index in [0.717, 1.165) is 16.7 Å². The third-order valence-corrected chi connectivity index (χ3v) is 4.54. The normalized spacial score (nSPS) is 11.0. The molecule has 4 aromatic rings. The van der Waals surface area contributed by atoms with Gasteiger partial charge in [-0.05, 0) is 48.9 Å². The molecule has 0 saturated heterocycles. The summed E-state index contributed by atoms with van der Waals surface area (Å²) in [6.45, 7) is 1.05. The number of aryl methyl sites for hydroxylation is 1. The summed E-state index contributed by atoms with van der Waals surface area (Å²) in [4.78, 5) is 27.3. The summed E-state index contributed by atoms with van der Waals surface area (Å²) in [7, 11) is 0. The second kappa shape index (κ2) is 7.37. The highest BCUT2D eigenvalue weighted by Crippen LogP contribution is 2.11. The zero-order valence-corrected chi connectivity index (χ0v) is 14.8. The molecule has 0 aliphatic rings. The SMILES string of the molecule is O=C(NCCCn1c(=O)[nH]c2ccccc21)c1cccc(-n2cccc2)c1. The number of aromatic nitrogens is 3. The van der Waals surface area contributed by atoms with Crippen LogP contribution in [0.3, 0.4) is 0 Å². The maximum Gasteiger partial charge on any atom is 0.326 e. The summed E-state index contributed by atoms with van der Waals surface area (Å²) in [5.41, 5.74) is 3.15. The van der Waals surface area contributed by atoms with E-state index in [-0.39, 0.29) is 11.6 Å². The van der Waals surface area contributed by atoms with Crippen LogP contribution in [0.2, 0.25) is 0 Å². The van der Waals surface area contributed by atoms with Crippen molar-refractivity contribution in [3.63, 3.8) is 0 Å². The molecule has 0 fully saturated rings. The fourth-order valence-electron chi connectivity index (χ4n) is 3.18. The minimum atomic E-state index is -0.123. The lowest BCUT2D eigenvalue weighted by molar-refractivity contribution is 0.0952. The number of hydrogen-bond acceptors (Lipinski definition) is 2. The minimum Gasteiger partial charge on any atom is -0.352 e.